The van der Waals surface area contributed by atoms with E-state index in [0.29, 0.717) is 6.01 Å². The van der Waals surface area contributed by atoms with Crippen LogP contribution < -0.4 is 5.32 Å². The summed E-state index contributed by atoms with van der Waals surface area (Å²) in [4.78, 5) is 4.25. The second-order valence-electron chi connectivity index (χ2n) is 2.69. The molecule has 3 nitrogen and oxygen atoms in total. The third kappa shape index (κ3) is 0.942. The van der Waals surface area contributed by atoms with Crippen LogP contribution in [-0.4, -0.2) is 12.0 Å². The van der Waals surface area contributed by atoms with Crippen LogP contribution in [0.1, 0.15) is 5.56 Å². The Morgan fingerprint density at radius 3 is 2.92 bits per heavy atom. The van der Waals surface area contributed by atoms with Crippen LogP contribution in [0.4, 0.5) is 6.01 Å². The van der Waals surface area contributed by atoms with Gasteiger partial charge >= 0.3 is 0 Å². The molecular weight excluding hydrogens is 152 g/mol. The largest absolute Gasteiger partial charge is 0.424 e. The highest BCUT2D eigenvalue weighted by Crippen LogP contribution is 2.20. The Bertz CT molecular complexity index is 406. The molecule has 0 saturated carbocycles. The maximum absolute atomic E-state index is 5.38. The van der Waals surface area contributed by atoms with E-state index in [1.165, 1.54) is 0 Å². The van der Waals surface area contributed by atoms with Crippen LogP contribution in [0.15, 0.2) is 22.6 Å². The third-order valence-electron chi connectivity index (χ3n) is 1.83. The second-order valence-corrected chi connectivity index (χ2v) is 2.69. The van der Waals surface area contributed by atoms with Crippen molar-refractivity contribution in [3.63, 3.8) is 0 Å². The smallest absolute Gasteiger partial charge is 0.295 e. The van der Waals surface area contributed by atoms with Gasteiger partial charge in [-0.3, -0.25) is 0 Å². The minimum absolute atomic E-state index is 0.569. The van der Waals surface area contributed by atoms with Gasteiger partial charge in [0.15, 0.2) is 5.58 Å². The highest BCUT2D eigenvalue weighted by Gasteiger charge is 2.04. The quantitative estimate of drug-likeness (QED) is 0.698. The predicted molar refractivity (Wildman–Crippen MR) is 48.3 cm³/mol. The lowest BCUT2D eigenvalue weighted by molar-refractivity contribution is 0.620. The summed E-state index contributed by atoms with van der Waals surface area (Å²) in [5.41, 5.74) is 2.90. The number of para-hydroxylation sites is 1. The standard InChI is InChI=1S/C9H10N2O/c1-6-4-3-5-7-8(6)11-9(10-2)12-7/h3-5H,1-2H3,(H,10,11). The highest BCUT2D eigenvalue weighted by molar-refractivity contribution is 5.77. The van der Waals surface area contributed by atoms with E-state index in [-0.39, 0.29) is 0 Å². The van der Waals surface area contributed by atoms with E-state index in [2.05, 4.69) is 10.3 Å². The van der Waals surface area contributed by atoms with Crippen molar-refractivity contribution in [3.05, 3.63) is 23.8 Å². The van der Waals surface area contributed by atoms with Gasteiger partial charge in [0.1, 0.15) is 5.52 Å². The molecule has 0 bridgehead atoms. The average Bonchev–Trinajstić information content (AvgIpc) is 2.49. The van der Waals surface area contributed by atoms with Gasteiger partial charge in [-0.15, -0.1) is 0 Å². The first-order valence-corrected chi connectivity index (χ1v) is 3.85. The Hall–Kier alpha value is -1.51. The molecule has 0 spiro atoms. The van der Waals surface area contributed by atoms with Crippen LogP contribution in [-0.2, 0) is 0 Å². The molecule has 0 radical (unpaired) electrons. The van der Waals surface area contributed by atoms with Crippen molar-refractivity contribution in [1.82, 2.24) is 4.98 Å². The maximum atomic E-state index is 5.38. The van der Waals surface area contributed by atoms with Gasteiger partial charge in [-0.2, -0.15) is 4.98 Å². The zero-order valence-corrected chi connectivity index (χ0v) is 7.09. The van der Waals surface area contributed by atoms with Crippen molar-refractivity contribution < 1.29 is 4.42 Å². The first-order chi connectivity index (χ1) is 5.81. The van der Waals surface area contributed by atoms with Gasteiger partial charge < -0.3 is 9.73 Å². The molecule has 1 aromatic carbocycles. The van der Waals surface area contributed by atoms with E-state index in [1.807, 2.05) is 25.1 Å². The van der Waals surface area contributed by atoms with Crippen molar-refractivity contribution >= 4 is 17.1 Å². The van der Waals surface area contributed by atoms with E-state index in [1.54, 1.807) is 7.05 Å². The Morgan fingerprint density at radius 1 is 1.42 bits per heavy atom. The van der Waals surface area contributed by atoms with E-state index in [4.69, 9.17) is 4.42 Å². The summed E-state index contributed by atoms with van der Waals surface area (Å²) in [7, 11) is 1.79. The molecular formula is C9H10N2O. The zero-order valence-electron chi connectivity index (χ0n) is 7.09. The van der Waals surface area contributed by atoms with Gasteiger partial charge in [-0.1, -0.05) is 12.1 Å². The number of benzene rings is 1. The minimum Gasteiger partial charge on any atom is -0.424 e. The van der Waals surface area contributed by atoms with Crippen LogP contribution in [0.25, 0.3) is 11.1 Å². The molecule has 62 valence electrons. The molecule has 1 N–H and O–H groups in total. The normalized spacial score (nSPS) is 10.5. The van der Waals surface area contributed by atoms with Crippen LogP contribution >= 0.6 is 0 Å². The molecule has 12 heavy (non-hydrogen) atoms. The molecule has 1 aromatic heterocycles. The molecule has 0 saturated heterocycles. The molecule has 2 aromatic rings. The number of nitrogens with zero attached hydrogens (tertiary/aromatic N) is 1. The van der Waals surface area contributed by atoms with Crippen LogP contribution in [0.2, 0.25) is 0 Å². The Labute approximate surface area is 70.4 Å². The molecule has 0 aliphatic carbocycles. The van der Waals surface area contributed by atoms with Crippen molar-refractivity contribution in [2.75, 3.05) is 12.4 Å². The fourth-order valence-electron chi connectivity index (χ4n) is 1.19. The van der Waals surface area contributed by atoms with Crippen LogP contribution in [0, 0.1) is 6.92 Å². The van der Waals surface area contributed by atoms with E-state index >= 15 is 0 Å². The number of anilines is 1. The fourth-order valence-corrected chi connectivity index (χ4v) is 1.19. The molecule has 0 amide bonds. The Balaban J connectivity index is 2.74. The topological polar surface area (TPSA) is 38.1 Å². The zero-order chi connectivity index (χ0) is 8.55. The highest BCUT2D eigenvalue weighted by atomic mass is 16.4. The lowest BCUT2D eigenvalue weighted by Crippen LogP contribution is -1.85. The number of rotatable bonds is 1. The molecule has 0 aliphatic rings. The Kier molecular flexibility index (Phi) is 1.50. The Morgan fingerprint density at radius 2 is 2.25 bits per heavy atom. The summed E-state index contributed by atoms with van der Waals surface area (Å²) >= 11 is 0. The lowest BCUT2D eigenvalue weighted by atomic mass is 10.2. The van der Waals surface area contributed by atoms with Crippen molar-refractivity contribution in [2.45, 2.75) is 6.92 Å². The average molecular weight is 162 g/mol. The number of hydrogen-bond acceptors (Lipinski definition) is 3. The molecule has 0 fully saturated rings. The first-order valence-electron chi connectivity index (χ1n) is 3.85. The van der Waals surface area contributed by atoms with E-state index in [0.717, 1.165) is 16.7 Å². The van der Waals surface area contributed by atoms with Crippen LogP contribution in [0.5, 0.6) is 0 Å². The SMILES string of the molecule is CNc1nc2c(C)cccc2o1. The summed E-state index contributed by atoms with van der Waals surface area (Å²) in [5, 5.41) is 2.87. The summed E-state index contributed by atoms with van der Waals surface area (Å²) < 4.78 is 5.38. The van der Waals surface area contributed by atoms with E-state index < -0.39 is 0 Å². The van der Waals surface area contributed by atoms with E-state index in [9.17, 15) is 0 Å². The predicted octanol–water partition coefficient (Wildman–Crippen LogP) is 2.18. The van der Waals surface area contributed by atoms with Gasteiger partial charge in [0.2, 0.25) is 0 Å². The lowest BCUT2D eigenvalue weighted by Gasteiger charge is -1.88. The first kappa shape index (κ1) is 7.16. The van der Waals surface area contributed by atoms with Gasteiger partial charge in [0.25, 0.3) is 6.01 Å². The number of fused-ring (bicyclic) bond motifs is 1. The summed E-state index contributed by atoms with van der Waals surface area (Å²) in [6.07, 6.45) is 0. The number of oxazole rings is 1. The van der Waals surface area contributed by atoms with Crippen molar-refractivity contribution in [1.29, 1.82) is 0 Å². The molecule has 1 heterocycles. The number of nitrogens with one attached hydrogen (secondary N) is 1. The summed E-state index contributed by atoms with van der Waals surface area (Å²) in [5.74, 6) is 0. The number of aryl methyl sites for hydroxylation is 1. The second kappa shape index (κ2) is 2.52. The van der Waals surface area contributed by atoms with Gasteiger partial charge in [-0.05, 0) is 18.6 Å². The molecule has 3 heteroatoms. The van der Waals surface area contributed by atoms with Gasteiger partial charge in [0.05, 0.1) is 0 Å². The minimum atomic E-state index is 0.569. The summed E-state index contributed by atoms with van der Waals surface area (Å²) in [6, 6.07) is 6.46. The van der Waals surface area contributed by atoms with Gasteiger partial charge in [0, 0.05) is 7.05 Å². The maximum Gasteiger partial charge on any atom is 0.295 e. The fraction of sp³-hybridized carbons (Fsp3) is 0.222. The molecule has 2 rings (SSSR count). The monoisotopic (exact) mass is 162 g/mol. The van der Waals surface area contributed by atoms with Gasteiger partial charge in [-0.25, -0.2) is 0 Å². The van der Waals surface area contributed by atoms with Crippen molar-refractivity contribution in [3.8, 4) is 0 Å². The number of hydrogen-bond donors (Lipinski definition) is 1. The number of aromatic nitrogens is 1. The van der Waals surface area contributed by atoms with Crippen molar-refractivity contribution in [2.24, 2.45) is 0 Å². The molecule has 0 aliphatic heterocycles. The summed E-state index contributed by atoms with van der Waals surface area (Å²) in [6.45, 7) is 2.02. The molecule has 0 atom stereocenters. The third-order valence-corrected chi connectivity index (χ3v) is 1.83. The molecule has 0 unspecified atom stereocenters. The van der Waals surface area contributed by atoms with Crippen LogP contribution in [0.3, 0.4) is 0 Å².